The van der Waals surface area contributed by atoms with Gasteiger partial charge in [-0.05, 0) is 69.6 Å². The first-order valence-electron chi connectivity index (χ1n) is 26.7. The van der Waals surface area contributed by atoms with Gasteiger partial charge in [0.15, 0.2) is 0 Å². The number of carbonyl (C=O) groups excluding carboxylic acids is 12. The fraction of sp³-hybridized carbons (Fsp3) is 0.593. The van der Waals surface area contributed by atoms with Crippen LogP contribution in [0.25, 0.3) is 0 Å². The Kier molecular flexibility index (Phi) is 55.5. The molecule has 0 N–H and O–H groups in total. The second-order valence-corrected chi connectivity index (χ2v) is 19.2. The van der Waals surface area contributed by atoms with Gasteiger partial charge in [-0.3, -0.25) is 57.5 Å². The third-order valence-corrected chi connectivity index (χ3v) is 9.84. The van der Waals surface area contributed by atoms with Gasteiger partial charge in [-0.15, -0.1) is 0 Å². The Morgan fingerprint density at radius 1 is 0.410 bits per heavy atom. The zero-order chi connectivity index (χ0) is 65.8. The molecule has 0 rings (SSSR count). The molecular formula is C59H100N6O18. The summed E-state index contributed by atoms with van der Waals surface area (Å²) in [6, 6.07) is 0. The number of rotatable bonds is 30. The third-order valence-electron chi connectivity index (χ3n) is 9.84. The van der Waals surface area contributed by atoms with Crippen LogP contribution in [-0.2, 0) is 86.0 Å². The maximum absolute atomic E-state index is 11.3. The Hall–Kier alpha value is -7.92. The first-order valence-corrected chi connectivity index (χ1v) is 26.7. The van der Waals surface area contributed by atoms with Crippen LogP contribution in [0, 0.1) is 17.3 Å². The quantitative estimate of drug-likeness (QED) is 0.0518. The highest BCUT2D eigenvalue weighted by Crippen LogP contribution is 2.14. The van der Waals surface area contributed by atoms with Crippen molar-refractivity contribution in [1.82, 2.24) is 29.4 Å². The highest BCUT2D eigenvalue weighted by molar-refractivity contribution is 5.89. The number of likely N-dealkylation sites (N-methyl/N-ethyl adjacent to an activating group) is 6. The van der Waals surface area contributed by atoms with Gasteiger partial charge in [-0.25, -0.2) is 0 Å². The second-order valence-electron chi connectivity index (χ2n) is 19.2. The van der Waals surface area contributed by atoms with E-state index in [1.165, 1.54) is 72.8 Å². The summed E-state index contributed by atoms with van der Waals surface area (Å²) in [7, 11) is 9.79. The fourth-order valence-electron chi connectivity index (χ4n) is 4.52. The van der Waals surface area contributed by atoms with E-state index in [9.17, 15) is 57.5 Å². The molecule has 0 bridgehead atoms. The van der Waals surface area contributed by atoms with Crippen molar-refractivity contribution in [2.45, 2.75) is 94.9 Å². The first-order chi connectivity index (χ1) is 38.5. The molecular weight excluding hydrogens is 1080 g/mol. The van der Waals surface area contributed by atoms with Crippen LogP contribution in [0.3, 0.4) is 0 Å². The summed E-state index contributed by atoms with van der Waals surface area (Å²) in [6.45, 7) is 41.6. The lowest BCUT2D eigenvalue weighted by molar-refractivity contribution is -0.154. The van der Waals surface area contributed by atoms with Crippen LogP contribution < -0.4 is 0 Å². The fourth-order valence-corrected chi connectivity index (χ4v) is 4.52. The Bertz CT molecular complexity index is 2050. The number of carbonyl (C=O) groups is 12. The van der Waals surface area contributed by atoms with E-state index < -0.39 is 5.41 Å². The van der Waals surface area contributed by atoms with Gasteiger partial charge in [-0.2, -0.15) is 0 Å². The van der Waals surface area contributed by atoms with Crippen LogP contribution in [0.5, 0.6) is 0 Å². The van der Waals surface area contributed by atoms with Crippen LogP contribution in [0.15, 0.2) is 75.9 Å². The van der Waals surface area contributed by atoms with Crippen LogP contribution in [0.4, 0.5) is 0 Å². The van der Waals surface area contributed by atoms with Gasteiger partial charge < -0.3 is 57.8 Å². The molecule has 0 spiro atoms. The minimum Gasteiger partial charge on any atom is -0.464 e. The van der Waals surface area contributed by atoms with Crippen molar-refractivity contribution in [1.29, 1.82) is 0 Å². The van der Waals surface area contributed by atoms with E-state index >= 15 is 0 Å². The molecule has 0 saturated heterocycles. The summed E-state index contributed by atoms with van der Waals surface area (Å²) < 4.78 is 29.2. The standard InChI is InChI=1S/2C11H19NO3.2C10H17NO3.C9H15NO3.C8H13NO3/c1-6-9(13)12(5)7-8-15-10(14)11(2,3)4;1-5-10(13)12(4)6-7-15-11(14)8-9(2)3;1-5-9(12)11(4)6-7-14-10(13)8(2)3;1-4-6-10(13)14-8-7-11(3)9(12)5-2;1-4-8(11)10(3)6-7-13-9(12)5-2;1-4-8(11)9(3)5-6-12-7(2)10/h6H,1,7-8H2,2-5H3;5,9H,1,6-8H2,2-4H3;5,8H,1,6-7H2,2-4H3;5H,2,4,6-8H2,1,3H3;4H,1,5-7H2,2-3H3;4H,1,5-6H2,2-3H3. The van der Waals surface area contributed by atoms with E-state index in [0.29, 0.717) is 64.4 Å². The maximum Gasteiger partial charge on any atom is 0.311 e. The van der Waals surface area contributed by atoms with E-state index in [1.807, 2.05) is 20.8 Å². The number of hydrogen-bond acceptors (Lipinski definition) is 18. The Labute approximate surface area is 494 Å². The minimum absolute atomic E-state index is 0.129. The lowest BCUT2D eigenvalue weighted by Gasteiger charge is -2.19. The lowest BCUT2D eigenvalue weighted by Crippen LogP contribution is -2.31. The minimum atomic E-state index is -0.499. The second kappa shape index (κ2) is 53.4. The molecule has 0 fully saturated rings. The monoisotopic (exact) mass is 1180 g/mol. The molecule has 0 aliphatic rings. The number of nitrogens with zero attached hydrogens (tertiary/aromatic N) is 6. The van der Waals surface area contributed by atoms with Gasteiger partial charge in [0.2, 0.25) is 35.4 Å². The average molecular weight is 1180 g/mol. The summed E-state index contributed by atoms with van der Waals surface area (Å²) in [6.07, 6.45) is 9.34. The van der Waals surface area contributed by atoms with Gasteiger partial charge in [-0.1, -0.05) is 81.0 Å². The third kappa shape index (κ3) is 55.8. The zero-order valence-corrected chi connectivity index (χ0v) is 52.7. The van der Waals surface area contributed by atoms with Crippen LogP contribution in [0.1, 0.15) is 94.9 Å². The lowest BCUT2D eigenvalue weighted by atomic mass is 9.97. The van der Waals surface area contributed by atoms with Crippen molar-refractivity contribution in [3.05, 3.63) is 75.9 Å². The SMILES string of the molecule is C=CC(=O)N(C)CCOC(=O)C(C)(C)C.C=CC(=O)N(C)CCOC(=O)C(C)C.C=CC(=O)N(C)CCOC(=O)CC.C=CC(=O)N(C)CCOC(=O)CC(C)C.C=CC(=O)N(C)CCOC(=O)CCC.C=CC(=O)N(C)CCOC(C)=O. The number of hydrogen-bond donors (Lipinski definition) is 0. The summed E-state index contributed by atoms with van der Waals surface area (Å²) in [5.74, 6) is -2.41. The van der Waals surface area contributed by atoms with Gasteiger partial charge in [0.25, 0.3) is 0 Å². The molecule has 83 heavy (non-hydrogen) atoms. The molecule has 0 atom stereocenters. The molecule has 0 aliphatic heterocycles. The van der Waals surface area contributed by atoms with Crippen LogP contribution >= 0.6 is 0 Å². The molecule has 0 heterocycles. The summed E-state index contributed by atoms with van der Waals surface area (Å²) in [5.41, 5.74) is -0.499. The normalized spacial score (nSPS) is 9.61. The Balaban J connectivity index is -0.000000215. The molecule has 474 valence electrons. The summed E-state index contributed by atoms with van der Waals surface area (Å²) in [5, 5.41) is 0. The van der Waals surface area contributed by atoms with Crippen molar-refractivity contribution >= 4 is 71.3 Å². The molecule has 24 nitrogen and oxygen atoms in total. The van der Waals surface area contributed by atoms with Gasteiger partial charge in [0.1, 0.15) is 39.6 Å². The average Bonchev–Trinajstić information content (AvgIpc) is 3.43. The van der Waals surface area contributed by atoms with Crippen molar-refractivity contribution in [2.24, 2.45) is 17.3 Å². The smallest absolute Gasteiger partial charge is 0.311 e. The van der Waals surface area contributed by atoms with E-state index in [1.54, 1.807) is 83.8 Å². The molecule has 0 aromatic rings. The van der Waals surface area contributed by atoms with Gasteiger partial charge in [0, 0.05) is 68.5 Å². The maximum atomic E-state index is 11.3. The Morgan fingerprint density at radius 2 is 0.675 bits per heavy atom. The molecule has 0 aliphatic carbocycles. The molecule has 6 amide bonds. The molecule has 0 unspecified atom stereocenters. The first kappa shape index (κ1) is 86.3. The van der Waals surface area contributed by atoms with Crippen molar-refractivity contribution in [2.75, 3.05) is 121 Å². The van der Waals surface area contributed by atoms with E-state index in [2.05, 4.69) is 44.2 Å². The van der Waals surface area contributed by atoms with E-state index in [4.69, 9.17) is 23.7 Å². The van der Waals surface area contributed by atoms with Crippen molar-refractivity contribution < 1.29 is 86.0 Å². The molecule has 24 heteroatoms. The zero-order valence-electron chi connectivity index (χ0n) is 52.7. The van der Waals surface area contributed by atoms with Crippen molar-refractivity contribution in [3.63, 3.8) is 0 Å². The largest absolute Gasteiger partial charge is 0.464 e. The summed E-state index contributed by atoms with van der Waals surface area (Å²) in [4.78, 5) is 140. The van der Waals surface area contributed by atoms with Crippen LogP contribution in [0.2, 0.25) is 0 Å². The molecule has 0 aromatic heterocycles. The van der Waals surface area contributed by atoms with E-state index in [-0.39, 0.29) is 117 Å². The van der Waals surface area contributed by atoms with Gasteiger partial charge >= 0.3 is 35.8 Å². The number of esters is 6. The molecule has 0 radical (unpaired) electrons. The predicted octanol–water partition coefficient (Wildman–Crippen LogP) is 5.02. The van der Waals surface area contributed by atoms with Crippen molar-refractivity contribution in [3.8, 4) is 0 Å². The van der Waals surface area contributed by atoms with E-state index in [0.717, 1.165) is 6.42 Å². The molecule has 0 aromatic carbocycles. The Morgan fingerprint density at radius 3 is 0.916 bits per heavy atom. The number of ether oxygens (including phenoxy) is 6. The van der Waals surface area contributed by atoms with Gasteiger partial charge in [0.05, 0.1) is 50.6 Å². The van der Waals surface area contributed by atoms with Crippen LogP contribution in [-0.4, -0.2) is 222 Å². The predicted molar refractivity (Wildman–Crippen MR) is 317 cm³/mol. The summed E-state index contributed by atoms with van der Waals surface area (Å²) >= 11 is 0. The highest BCUT2D eigenvalue weighted by Gasteiger charge is 2.23. The number of amides is 6. The highest BCUT2D eigenvalue weighted by atomic mass is 16.6. The molecule has 0 saturated carbocycles. The topological polar surface area (TPSA) is 280 Å².